The van der Waals surface area contributed by atoms with Gasteiger partial charge in [-0.15, -0.1) is 0 Å². The lowest BCUT2D eigenvalue weighted by Crippen LogP contribution is -2.15. The van der Waals surface area contributed by atoms with Crippen molar-refractivity contribution in [3.8, 4) is 22.3 Å². The van der Waals surface area contributed by atoms with Gasteiger partial charge in [-0.1, -0.05) is 105 Å². The first kappa shape index (κ1) is 29.2. The lowest BCUT2D eigenvalue weighted by molar-refractivity contribution is 0.663. The van der Waals surface area contributed by atoms with E-state index in [0.717, 1.165) is 22.6 Å². The largest absolute Gasteiger partial charge is 0.310 e. The van der Waals surface area contributed by atoms with E-state index < -0.39 is 0 Å². The molecule has 0 bridgehead atoms. The summed E-state index contributed by atoms with van der Waals surface area (Å²) < 4.78 is 0. The number of nitrogens with zero attached hydrogens (tertiary/aromatic N) is 2. The molecule has 11 rings (SSSR count). The molecule has 9 aromatic carbocycles. The average molecular weight is 663 g/mol. The topological polar surface area (TPSA) is 16.1 Å². The summed E-state index contributed by atoms with van der Waals surface area (Å²) in [6, 6.07) is 58.5. The van der Waals surface area contributed by atoms with Crippen molar-refractivity contribution in [2.24, 2.45) is 0 Å². The van der Waals surface area contributed by atoms with Gasteiger partial charge in [0.05, 0.1) is 0 Å². The molecule has 0 amide bonds. The second kappa shape index (κ2) is 10.7. The summed E-state index contributed by atoms with van der Waals surface area (Å²) in [4.78, 5) is 6.79. The standard InChI is InChI=1S/C50H34N2/c1-50(2)44-28-39(24-34-17-18-35-25-40(38-10-7-23-51-30-38)29-45(50)49(35)48(34)44)31-19-21-42(22-20-31)52(41-11-4-3-5-12-41)43-26-36-15-13-32-8-6-9-33-14-16-37(27-43)47(36)46(32)33/h3-30H,1-2H3. The molecule has 1 aliphatic carbocycles. The highest BCUT2D eigenvalue weighted by atomic mass is 15.1. The minimum Gasteiger partial charge on any atom is -0.310 e. The quantitative estimate of drug-likeness (QED) is 0.171. The predicted octanol–water partition coefficient (Wildman–Crippen LogP) is 13.7. The van der Waals surface area contributed by atoms with E-state index in [4.69, 9.17) is 0 Å². The van der Waals surface area contributed by atoms with Gasteiger partial charge in [-0.2, -0.15) is 0 Å². The summed E-state index contributed by atoms with van der Waals surface area (Å²) in [5, 5.41) is 13.1. The molecule has 0 saturated carbocycles. The molecule has 2 nitrogen and oxygen atoms in total. The summed E-state index contributed by atoms with van der Waals surface area (Å²) in [5.41, 5.74) is 10.9. The Bertz CT molecular complexity index is 2950. The van der Waals surface area contributed by atoms with Crippen LogP contribution < -0.4 is 4.90 Å². The van der Waals surface area contributed by atoms with E-state index in [0.29, 0.717) is 0 Å². The molecule has 0 spiro atoms. The van der Waals surface area contributed by atoms with Gasteiger partial charge in [0, 0.05) is 40.4 Å². The van der Waals surface area contributed by atoms with Gasteiger partial charge in [-0.25, -0.2) is 0 Å². The minimum absolute atomic E-state index is 0.130. The predicted molar refractivity (Wildman–Crippen MR) is 221 cm³/mol. The molecule has 1 aliphatic rings. The first-order valence-corrected chi connectivity index (χ1v) is 18.1. The zero-order valence-corrected chi connectivity index (χ0v) is 29.1. The van der Waals surface area contributed by atoms with Gasteiger partial charge in [0.2, 0.25) is 0 Å². The minimum atomic E-state index is -0.130. The van der Waals surface area contributed by atoms with Crippen LogP contribution in [0.3, 0.4) is 0 Å². The Kier molecular flexibility index (Phi) is 6.04. The van der Waals surface area contributed by atoms with Crippen molar-refractivity contribution in [3.63, 3.8) is 0 Å². The van der Waals surface area contributed by atoms with Gasteiger partial charge in [-0.3, -0.25) is 4.98 Å². The number of hydrogen-bond donors (Lipinski definition) is 0. The molecule has 2 heteroatoms. The molecule has 1 heterocycles. The Labute approximate surface area is 302 Å². The number of benzene rings is 9. The monoisotopic (exact) mass is 662 g/mol. The smallest absolute Gasteiger partial charge is 0.0473 e. The van der Waals surface area contributed by atoms with Crippen LogP contribution in [0.1, 0.15) is 25.0 Å². The molecular formula is C50H34N2. The molecule has 1 aromatic heterocycles. The molecule has 244 valence electrons. The fraction of sp³-hybridized carbons (Fsp3) is 0.0600. The summed E-state index contributed by atoms with van der Waals surface area (Å²) in [7, 11) is 0. The van der Waals surface area contributed by atoms with Crippen LogP contribution in [0.5, 0.6) is 0 Å². The molecule has 52 heavy (non-hydrogen) atoms. The molecule has 0 atom stereocenters. The van der Waals surface area contributed by atoms with Crippen molar-refractivity contribution in [1.82, 2.24) is 4.98 Å². The van der Waals surface area contributed by atoms with Crippen molar-refractivity contribution in [1.29, 1.82) is 0 Å². The summed E-state index contributed by atoms with van der Waals surface area (Å²) >= 11 is 0. The number of aromatic nitrogens is 1. The van der Waals surface area contributed by atoms with Crippen LogP contribution >= 0.6 is 0 Å². The van der Waals surface area contributed by atoms with E-state index in [9.17, 15) is 0 Å². The van der Waals surface area contributed by atoms with E-state index in [2.05, 4.69) is 175 Å². The molecule has 0 saturated heterocycles. The normalized spacial score (nSPS) is 13.3. The highest BCUT2D eigenvalue weighted by molar-refractivity contribution is 6.24. The van der Waals surface area contributed by atoms with Crippen LogP contribution in [0.4, 0.5) is 17.1 Å². The maximum atomic E-state index is 4.40. The summed E-state index contributed by atoms with van der Waals surface area (Å²) in [6.45, 7) is 4.76. The lowest BCUT2D eigenvalue weighted by atomic mass is 9.80. The first-order chi connectivity index (χ1) is 25.5. The Morgan fingerprint density at radius 1 is 0.385 bits per heavy atom. The number of hydrogen-bond acceptors (Lipinski definition) is 2. The molecule has 0 aliphatic heterocycles. The van der Waals surface area contributed by atoms with E-state index in [-0.39, 0.29) is 5.41 Å². The van der Waals surface area contributed by atoms with Crippen LogP contribution in [-0.4, -0.2) is 4.98 Å². The van der Waals surface area contributed by atoms with Gasteiger partial charge in [0.1, 0.15) is 0 Å². The Morgan fingerprint density at radius 2 is 0.923 bits per heavy atom. The van der Waals surface area contributed by atoms with Crippen LogP contribution in [-0.2, 0) is 5.41 Å². The van der Waals surface area contributed by atoms with E-state index in [1.54, 1.807) is 0 Å². The highest BCUT2D eigenvalue weighted by Crippen LogP contribution is 2.51. The van der Waals surface area contributed by atoms with Crippen molar-refractivity contribution >= 4 is 70.9 Å². The van der Waals surface area contributed by atoms with E-state index in [1.165, 1.54) is 81.7 Å². The molecule has 0 unspecified atom stereocenters. The van der Waals surface area contributed by atoms with Crippen molar-refractivity contribution in [2.45, 2.75) is 19.3 Å². The molecule has 0 N–H and O–H groups in total. The molecule has 0 fully saturated rings. The third-order valence-corrected chi connectivity index (χ3v) is 11.6. The van der Waals surface area contributed by atoms with Gasteiger partial charge in [0.15, 0.2) is 0 Å². The van der Waals surface area contributed by atoms with Crippen molar-refractivity contribution in [3.05, 3.63) is 181 Å². The Balaban J connectivity index is 1.02. The molecular weight excluding hydrogens is 629 g/mol. The molecule has 10 aromatic rings. The van der Waals surface area contributed by atoms with Crippen LogP contribution in [0.15, 0.2) is 170 Å². The zero-order valence-electron chi connectivity index (χ0n) is 29.1. The first-order valence-electron chi connectivity index (χ1n) is 18.1. The number of anilines is 3. The Hall–Kier alpha value is -6.51. The summed E-state index contributed by atoms with van der Waals surface area (Å²) in [6.07, 6.45) is 3.80. The van der Waals surface area contributed by atoms with Crippen LogP contribution in [0.2, 0.25) is 0 Å². The maximum Gasteiger partial charge on any atom is 0.0473 e. The third-order valence-electron chi connectivity index (χ3n) is 11.6. The van der Waals surface area contributed by atoms with E-state index >= 15 is 0 Å². The second-order valence-corrected chi connectivity index (χ2v) is 14.9. The maximum absolute atomic E-state index is 4.40. The third kappa shape index (κ3) is 4.21. The zero-order chi connectivity index (χ0) is 34.6. The van der Waals surface area contributed by atoms with Gasteiger partial charge < -0.3 is 4.90 Å². The number of para-hydroxylation sites is 1. The van der Waals surface area contributed by atoms with E-state index in [1.807, 2.05) is 18.5 Å². The fourth-order valence-corrected chi connectivity index (χ4v) is 9.02. The Morgan fingerprint density at radius 3 is 1.52 bits per heavy atom. The fourth-order valence-electron chi connectivity index (χ4n) is 9.02. The van der Waals surface area contributed by atoms with Crippen LogP contribution in [0.25, 0.3) is 76.1 Å². The highest BCUT2D eigenvalue weighted by Gasteiger charge is 2.35. The average Bonchev–Trinajstić information content (AvgIpc) is 3.43. The van der Waals surface area contributed by atoms with Gasteiger partial charge in [-0.05, 0) is 148 Å². The van der Waals surface area contributed by atoms with Crippen molar-refractivity contribution in [2.75, 3.05) is 4.90 Å². The second-order valence-electron chi connectivity index (χ2n) is 14.9. The lowest BCUT2D eigenvalue weighted by Gasteiger charge is -2.27. The number of rotatable bonds is 5. The number of pyridine rings is 1. The SMILES string of the molecule is CC1(C)c2cc(-c3ccc(N(c4ccccc4)c4cc5ccc6cccc7ccc(c4)c5c67)cc3)cc3ccc4cc(-c5cccnc5)cc1c4c23. The van der Waals surface area contributed by atoms with Gasteiger partial charge in [0.25, 0.3) is 0 Å². The van der Waals surface area contributed by atoms with Gasteiger partial charge >= 0.3 is 0 Å². The van der Waals surface area contributed by atoms with Crippen LogP contribution in [0, 0.1) is 0 Å². The summed E-state index contributed by atoms with van der Waals surface area (Å²) in [5.74, 6) is 0. The molecule has 0 radical (unpaired) electrons. The van der Waals surface area contributed by atoms with Crippen molar-refractivity contribution < 1.29 is 0 Å².